The highest BCUT2D eigenvalue weighted by Crippen LogP contribution is 2.15. The van der Waals surface area contributed by atoms with Gasteiger partial charge in [-0.05, 0) is 6.92 Å². The summed E-state index contributed by atoms with van der Waals surface area (Å²) in [6, 6.07) is 0. The van der Waals surface area contributed by atoms with Crippen molar-refractivity contribution in [2.75, 3.05) is 0 Å². The molecule has 0 saturated carbocycles. The molecule has 0 aliphatic carbocycles. The van der Waals surface area contributed by atoms with Crippen molar-refractivity contribution in [2.45, 2.75) is 39.9 Å². The highest BCUT2D eigenvalue weighted by Gasteiger charge is 2.15. The lowest BCUT2D eigenvalue weighted by Crippen LogP contribution is -1.98. The first-order chi connectivity index (χ1) is 5.04. The van der Waals surface area contributed by atoms with Gasteiger partial charge in [0, 0.05) is 4.57 Å². The van der Waals surface area contributed by atoms with E-state index in [1.807, 2.05) is 0 Å². The highest BCUT2D eigenvalue weighted by molar-refractivity contribution is 7.32. The molecule has 2 unspecified atom stereocenters. The Morgan fingerprint density at radius 3 is 1.82 bits per heavy atom. The first-order valence-electron chi connectivity index (χ1n) is 3.55. The molecule has 68 valence electrons. The third-order valence-corrected chi connectivity index (χ3v) is 1.23. The molecule has 2 N–H and O–H groups in total. The molecule has 4 nitrogen and oxygen atoms in total. The van der Waals surface area contributed by atoms with Gasteiger partial charge >= 0.3 is 8.25 Å². The summed E-state index contributed by atoms with van der Waals surface area (Å²) < 4.78 is 13.4. The Hall–Kier alpha value is -0.0200. The van der Waals surface area contributed by atoms with Gasteiger partial charge in [-0.3, -0.25) is 0 Å². The van der Waals surface area contributed by atoms with E-state index in [0.717, 1.165) is 0 Å². The van der Waals surface area contributed by atoms with Crippen LogP contribution in [0.2, 0.25) is 0 Å². The molecule has 0 aliphatic heterocycles. The lowest BCUT2D eigenvalue weighted by atomic mass is 10.4. The average Bonchev–Trinajstić information content (AvgIpc) is 1.85. The van der Waals surface area contributed by atoms with Crippen molar-refractivity contribution in [1.29, 1.82) is 0 Å². The van der Waals surface area contributed by atoms with Gasteiger partial charge in [0.25, 0.3) is 0 Å². The van der Waals surface area contributed by atoms with Crippen molar-refractivity contribution in [3.05, 3.63) is 0 Å². The largest absolute Gasteiger partial charge is 0.697 e. The molecule has 0 aromatic carbocycles. The first-order valence-corrected chi connectivity index (χ1v) is 4.68. The van der Waals surface area contributed by atoms with Gasteiger partial charge in [-0.15, -0.1) is 4.89 Å². The van der Waals surface area contributed by atoms with E-state index in [1.165, 1.54) is 19.8 Å². The fourth-order valence-corrected chi connectivity index (χ4v) is 0.392. The van der Waals surface area contributed by atoms with Crippen molar-refractivity contribution >= 4 is 8.25 Å². The maximum absolute atomic E-state index is 9.58. The number of aliphatic hydroxyl groups excluding tert-OH is 1. The van der Waals surface area contributed by atoms with Gasteiger partial charge in [0.2, 0.25) is 6.29 Å². The van der Waals surface area contributed by atoms with Gasteiger partial charge in [-0.2, -0.15) is 0 Å². The van der Waals surface area contributed by atoms with Crippen LogP contribution in [0.1, 0.15) is 33.6 Å². The second-order valence-electron chi connectivity index (χ2n) is 1.94. The molecule has 0 aromatic rings. The van der Waals surface area contributed by atoms with Crippen LogP contribution < -0.4 is 0 Å². The summed E-state index contributed by atoms with van der Waals surface area (Å²) in [6.45, 7) is 5.61. The zero-order valence-corrected chi connectivity index (χ0v) is 8.04. The van der Waals surface area contributed by atoms with Gasteiger partial charge in [-0.1, -0.05) is 31.2 Å². The minimum absolute atomic E-state index is 1.16. The van der Waals surface area contributed by atoms with Crippen LogP contribution in [0.15, 0.2) is 0 Å². The standard InChI is InChI=1S/C4H10.C2H5O4P/c1-3-4-2;1-2(3)6-7(4)5/h3-4H2,1-2H3;2-3H,1H3/p+1. The number of hydrogen-bond donors (Lipinski definition) is 2. The molecule has 11 heavy (non-hydrogen) atoms. The lowest BCUT2D eigenvalue weighted by molar-refractivity contribution is -0.00179. The topological polar surface area (TPSA) is 66.8 Å². The van der Waals surface area contributed by atoms with Gasteiger partial charge in [0.1, 0.15) is 0 Å². The van der Waals surface area contributed by atoms with Crippen LogP contribution >= 0.6 is 8.25 Å². The SMILES string of the molecule is CC(O)O[P+](=O)O.CCCC. The van der Waals surface area contributed by atoms with Crippen LogP contribution in [-0.2, 0) is 9.09 Å². The number of rotatable bonds is 3. The summed E-state index contributed by atoms with van der Waals surface area (Å²) in [6.07, 6.45) is 1.48. The Balaban J connectivity index is 0. The summed E-state index contributed by atoms with van der Waals surface area (Å²) in [4.78, 5) is 7.85. The van der Waals surface area contributed by atoms with Gasteiger partial charge in [0.05, 0.1) is 0 Å². The van der Waals surface area contributed by atoms with Crippen LogP contribution in [0, 0.1) is 0 Å². The maximum atomic E-state index is 9.58. The summed E-state index contributed by atoms with van der Waals surface area (Å²) in [5.41, 5.74) is 0. The van der Waals surface area contributed by atoms with Crippen LogP contribution in [0.25, 0.3) is 0 Å². The zero-order chi connectivity index (χ0) is 9.28. The molecular weight excluding hydrogens is 167 g/mol. The quantitative estimate of drug-likeness (QED) is 0.517. The van der Waals surface area contributed by atoms with Crippen LogP contribution in [0.5, 0.6) is 0 Å². The normalized spacial score (nSPS) is 13.0. The molecule has 0 aliphatic rings. The molecule has 0 saturated heterocycles. The smallest absolute Gasteiger partial charge is 0.364 e. The van der Waals surface area contributed by atoms with E-state index in [0.29, 0.717) is 0 Å². The fourth-order valence-electron chi connectivity index (χ4n) is 0.131. The first kappa shape index (κ1) is 13.6. The molecule has 0 rings (SSSR count). The van der Waals surface area contributed by atoms with Crippen molar-refractivity contribution in [3.63, 3.8) is 0 Å². The monoisotopic (exact) mass is 183 g/mol. The summed E-state index contributed by atoms with van der Waals surface area (Å²) >= 11 is 0. The van der Waals surface area contributed by atoms with Gasteiger partial charge in [0.15, 0.2) is 0 Å². The molecule has 2 atom stereocenters. The fraction of sp³-hybridized carbons (Fsp3) is 1.00. The Labute approximate surface area is 68.1 Å². The van der Waals surface area contributed by atoms with Crippen LogP contribution in [0.4, 0.5) is 0 Å². The predicted octanol–water partition coefficient (Wildman–Crippen LogP) is 1.80. The third kappa shape index (κ3) is 25.6. The molecule has 0 aromatic heterocycles. The van der Waals surface area contributed by atoms with E-state index in [2.05, 4.69) is 18.4 Å². The highest BCUT2D eigenvalue weighted by atomic mass is 31.1. The van der Waals surface area contributed by atoms with Crippen molar-refractivity contribution < 1.29 is 19.1 Å². The van der Waals surface area contributed by atoms with Gasteiger partial charge in [-0.25, -0.2) is 0 Å². The number of hydrogen-bond acceptors (Lipinski definition) is 3. The summed E-state index contributed by atoms with van der Waals surface area (Å²) in [5, 5.41) is 8.16. The van der Waals surface area contributed by atoms with E-state index in [9.17, 15) is 4.57 Å². The lowest BCUT2D eigenvalue weighted by Gasteiger charge is -1.85. The second-order valence-corrected chi connectivity index (χ2v) is 2.63. The molecule has 0 spiro atoms. The van der Waals surface area contributed by atoms with Gasteiger partial charge < -0.3 is 5.11 Å². The average molecular weight is 183 g/mol. The van der Waals surface area contributed by atoms with Crippen molar-refractivity contribution in [2.24, 2.45) is 0 Å². The zero-order valence-electron chi connectivity index (χ0n) is 7.15. The molecule has 5 heteroatoms. The van der Waals surface area contributed by atoms with Crippen LogP contribution in [-0.4, -0.2) is 16.3 Å². The van der Waals surface area contributed by atoms with E-state index >= 15 is 0 Å². The molecule has 0 radical (unpaired) electrons. The minimum Gasteiger partial charge on any atom is -0.364 e. The Kier molecular flexibility index (Phi) is 12.3. The van der Waals surface area contributed by atoms with E-state index < -0.39 is 14.5 Å². The van der Waals surface area contributed by atoms with Crippen LogP contribution in [0.3, 0.4) is 0 Å². The Bertz CT molecular complexity index is 92.6. The summed E-state index contributed by atoms with van der Waals surface area (Å²) in [7, 11) is -2.64. The molecule has 0 heterocycles. The second kappa shape index (κ2) is 9.98. The third-order valence-electron chi connectivity index (χ3n) is 0.743. The number of unbranched alkanes of at least 4 members (excludes halogenated alkanes) is 1. The van der Waals surface area contributed by atoms with Crippen molar-refractivity contribution in [1.82, 2.24) is 0 Å². The Morgan fingerprint density at radius 2 is 1.82 bits per heavy atom. The molecule has 0 bridgehead atoms. The summed E-state index contributed by atoms with van der Waals surface area (Å²) in [5.74, 6) is 0. The molecule has 0 fully saturated rings. The number of aliphatic hydroxyl groups is 1. The molecule has 0 amide bonds. The van der Waals surface area contributed by atoms with Crippen molar-refractivity contribution in [3.8, 4) is 0 Å². The maximum Gasteiger partial charge on any atom is 0.697 e. The minimum atomic E-state index is -2.64. The van der Waals surface area contributed by atoms with E-state index in [1.54, 1.807) is 0 Å². The van der Waals surface area contributed by atoms with E-state index in [-0.39, 0.29) is 0 Å². The van der Waals surface area contributed by atoms with E-state index in [4.69, 9.17) is 10.00 Å². The molecular formula is C6H16O4P+. The Morgan fingerprint density at radius 1 is 1.45 bits per heavy atom. The predicted molar refractivity (Wildman–Crippen MR) is 43.2 cm³/mol.